The van der Waals surface area contributed by atoms with E-state index in [1.807, 2.05) is 12.1 Å². The third-order valence-corrected chi connectivity index (χ3v) is 4.44. The molecule has 104 valence electrons. The van der Waals surface area contributed by atoms with E-state index in [1.54, 1.807) is 0 Å². The molecule has 1 aromatic carbocycles. The SMILES string of the molecule is CCN(c1ccc(C(N)=S)cc1Cl)C1CCCCC1. The summed E-state index contributed by atoms with van der Waals surface area (Å²) in [6, 6.07) is 6.52. The minimum absolute atomic E-state index is 0.397. The van der Waals surface area contributed by atoms with Gasteiger partial charge in [0, 0.05) is 18.2 Å². The molecule has 0 unspecified atom stereocenters. The largest absolute Gasteiger partial charge is 0.389 e. The molecule has 0 atom stereocenters. The molecule has 0 heterocycles. The Balaban J connectivity index is 2.24. The van der Waals surface area contributed by atoms with E-state index >= 15 is 0 Å². The number of nitrogens with zero attached hydrogens (tertiary/aromatic N) is 1. The van der Waals surface area contributed by atoms with Crippen molar-refractivity contribution in [2.45, 2.75) is 45.1 Å². The molecule has 19 heavy (non-hydrogen) atoms. The summed E-state index contributed by atoms with van der Waals surface area (Å²) in [4.78, 5) is 2.82. The molecular formula is C15H21ClN2S. The van der Waals surface area contributed by atoms with Crippen LogP contribution in [0.2, 0.25) is 5.02 Å². The molecule has 2 N–H and O–H groups in total. The highest BCUT2D eigenvalue weighted by Crippen LogP contribution is 2.32. The van der Waals surface area contributed by atoms with E-state index in [2.05, 4.69) is 17.9 Å². The lowest BCUT2D eigenvalue weighted by Gasteiger charge is -2.36. The molecule has 4 heteroatoms. The standard InChI is InChI=1S/C15H21ClN2S/c1-2-18(12-6-4-3-5-7-12)14-9-8-11(15(17)19)10-13(14)16/h8-10,12H,2-7H2,1H3,(H2,17,19). The summed E-state index contributed by atoms with van der Waals surface area (Å²) in [6.07, 6.45) is 6.54. The highest BCUT2D eigenvalue weighted by molar-refractivity contribution is 7.80. The van der Waals surface area contributed by atoms with Crippen molar-refractivity contribution in [2.75, 3.05) is 11.4 Å². The molecular weight excluding hydrogens is 276 g/mol. The minimum atomic E-state index is 0.397. The zero-order valence-corrected chi connectivity index (χ0v) is 12.9. The Labute approximate surface area is 125 Å². The van der Waals surface area contributed by atoms with Crippen molar-refractivity contribution in [3.63, 3.8) is 0 Å². The Morgan fingerprint density at radius 1 is 1.37 bits per heavy atom. The van der Waals surface area contributed by atoms with Crippen LogP contribution in [0.1, 0.15) is 44.6 Å². The van der Waals surface area contributed by atoms with Gasteiger partial charge in [0.05, 0.1) is 10.7 Å². The van der Waals surface area contributed by atoms with E-state index in [-0.39, 0.29) is 0 Å². The summed E-state index contributed by atoms with van der Waals surface area (Å²) in [5, 5.41) is 0.748. The second-order valence-corrected chi connectivity index (χ2v) is 5.96. The number of benzene rings is 1. The maximum atomic E-state index is 6.41. The third kappa shape index (κ3) is 3.40. The van der Waals surface area contributed by atoms with Crippen LogP contribution in [-0.2, 0) is 0 Å². The average molecular weight is 297 g/mol. The van der Waals surface area contributed by atoms with Crippen LogP contribution in [0, 0.1) is 0 Å². The molecule has 1 saturated carbocycles. The molecule has 0 saturated heterocycles. The number of nitrogens with two attached hydrogens (primary N) is 1. The Morgan fingerprint density at radius 2 is 2.05 bits per heavy atom. The van der Waals surface area contributed by atoms with Crippen molar-refractivity contribution in [1.29, 1.82) is 0 Å². The third-order valence-electron chi connectivity index (χ3n) is 3.90. The highest BCUT2D eigenvalue weighted by atomic mass is 35.5. The number of anilines is 1. The van der Waals surface area contributed by atoms with E-state index in [0.29, 0.717) is 11.0 Å². The van der Waals surface area contributed by atoms with Crippen LogP contribution in [0.15, 0.2) is 18.2 Å². The van der Waals surface area contributed by atoms with Gasteiger partial charge in [-0.2, -0.15) is 0 Å². The molecule has 2 rings (SSSR count). The van der Waals surface area contributed by atoms with Crippen molar-refractivity contribution < 1.29 is 0 Å². The minimum Gasteiger partial charge on any atom is -0.389 e. The monoisotopic (exact) mass is 296 g/mol. The summed E-state index contributed by atoms with van der Waals surface area (Å²) in [5.74, 6) is 0. The molecule has 1 fully saturated rings. The van der Waals surface area contributed by atoms with Gasteiger partial charge in [0.15, 0.2) is 0 Å². The van der Waals surface area contributed by atoms with Crippen LogP contribution in [0.4, 0.5) is 5.69 Å². The Kier molecular flexibility index (Phi) is 5.06. The van der Waals surface area contributed by atoms with Crippen molar-refractivity contribution >= 4 is 34.5 Å². The molecule has 0 amide bonds. The first-order valence-corrected chi connectivity index (χ1v) is 7.78. The van der Waals surface area contributed by atoms with Gasteiger partial charge < -0.3 is 10.6 Å². The fraction of sp³-hybridized carbons (Fsp3) is 0.533. The topological polar surface area (TPSA) is 29.3 Å². The quantitative estimate of drug-likeness (QED) is 0.847. The molecule has 0 aliphatic heterocycles. The van der Waals surface area contributed by atoms with Crippen molar-refractivity contribution in [3.8, 4) is 0 Å². The predicted molar refractivity (Wildman–Crippen MR) is 87.2 cm³/mol. The van der Waals surface area contributed by atoms with Crippen LogP contribution in [-0.4, -0.2) is 17.6 Å². The second-order valence-electron chi connectivity index (χ2n) is 5.11. The van der Waals surface area contributed by atoms with Gasteiger partial charge >= 0.3 is 0 Å². The maximum absolute atomic E-state index is 6.41. The normalized spacial score (nSPS) is 16.3. The summed E-state index contributed by atoms with van der Waals surface area (Å²) in [6.45, 7) is 3.17. The van der Waals surface area contributed by atoms with Crippen LogP contribution in [0.5, 0.6) is 0 Å². The lowest BCUT2D eigenvalue weighted by Crippen LogP contribution is -2.36. The highest BCUT2D eigenvalue weighted by Gasteiger charge is 2.21. The van der Waals surface area contributed by atoms with Gasteiger partial charge in [-0.15, -0.1) is 0 Å². The summed E-state index contributed by atoms with van der Waals surface area (Å²) in [7, 11) is 0. The number of halogens is 1. The molecule has 1 aliphatic carbocycles. The molecule has 0 radical (unpaired) electrons. The van der Waals surface area contributed by atoms with E-state index < -0.39 is 0 Å². The van der Waals surface area contributed by atoms with E-state index in [9.17, 15) is 0 Å². The second kappa shape index (κ2) is 6.58. The molecule has 0 bridgehead atoms. The average Bonchev–Trinajstić information content (AvgIpc) is 2.42. The summed E-state index contributed by atoms with van der Waals surface area (Å²) >= 11 is 11.4. The molecule has 0 aromatic heterocycles. The van der Waals surface area contributed by atoms with Crippen LogP contribution < -0.4 is 10.6 Å². The van der Waals surface area contributed by atoms with E-state index in [1.165, 1.54) is 32.1 Å². The fourth-order valence-electron chi connectivity index (χ4n) is 2.91. The van der Waals surface area contributed by atoms with Crippen molar-refractivity contribution in [3.05, 3.63) is 28.8 Å². The zero-order valence-electron chi connectivity index (χ0n) is 11.4. The Bertz CT molecular complexity index is 455. The zero-order chi connectivity index (χ0) is 13.8. The van der Waals surface area contributed by atoms with Gasteiger partial charge in [-0.1, -0.05) is 43.1 Å². The van der Waals surface area contributed by atoms with Gasteiger partial charge in [-0.25, -0.2) is 0 Å². The van der Waals surface area contributed by atoms with Crippen molar-refractivity contribution in [2.24, 2.45) is 5.73 Å². The van der Waals surface area contributed by atoms with Gasteiger partial charge in [-0.3, -0.25) is 0 Å². The molecule has 1 aromatic rings. The number of rotatable bonds is 4. The van der Waals surface area contributed by atoms with Crippen LogP contribution in [0.3, 0.4) is 0 Å². The van der Waals surface area contributed by atoms with Gasteiger partial charge in [-0.05, 0) is 38.0 Å². The maximum Gasteiger partial charge on any atom is 0.104 e. The lowest BCUT2D eigenvalue weighted by molar-refractivity contribution is 0.418. The van der Waals surface area contributed by atoms with Gasteiger partial charge in [0.25, 0.3) is 0 Å². The number of hydrogen-bond donors (Lipinski definition) is 1. The van der Waals surface area contributed by atoms with Gasteiger partial charge in [0.2, 0.25) is 0 Å². The first-order valence-electron chi connectivity index (χ1n) is 6.99. The smallest absolute Gasteiger partial charge is 0.104 e. The van der Waals surface area contributed by atoms with Crippen molar-refractivity contribution in [1.82, 2.24) is 0 Å². The van der Waals surface area contributed by atoms with Crippen LogP contribution >= 0.6 is 23.8 Å². The first-order chi connectivity index (χ1) is 9.13. The first kappa shape index (κ1) is 14.6. The van der Waals surface area contributed by atoms with Gasteiger partial charge in [0.1, 0.15) is 4.99 Å². The Morgan fingerprint density at radius 3 is 2.58 bits per heavy atom. The predicted octanol–water partition coefficient (Wildman–Crippen LogP) is 4.13. The molecule has 1 aliphatic rings. The summed E-state index contributed by atoms with van der Waals surface area (Å²) in [5.41, 5.74) is 7.59. The van der Waals surface area contributed by atoms with Crippen LogP contribution in [0.25, 0.3) is 0 Å². The molecule has 0 spiro atoms. The fourth-order valence-corrected chi connectivity index (χ4v) is 3.33. The van der Waals surface area contributed by atoms with E-state index in [0.717, 1.165) is 22.8 Å². The number of hydrogen-bond acceptors (Lipinski definition) is 2. The number of thiocarbonyl (C=S) groups is 1. The Hall–Kier alpha value is -0.800. The lowest BCUT2D eigenvalue weighted by atomic mass is 9.93. The molecule has 2 nitrogen and oxygen atoms in total. The summed E-state index contributed by atoms with van der Waals surface area (Å²) < 4.78 is 0. The van der Waals surface area contributed by atoms with E-state index in [4.69, 9.17) is 29.6 Å².